The zero-order valence-corrected chi connectivity index (χ0v) is 10.7. The molecule has 0 heterocycles. The maximum Gasteiger partial charge on any atom is 0.332 e. The maximum atomic E-state index is 11.0. The summed E-state index contributed by atoms with van der Waals surface area (Å²) in [5.41, 5.74) is 2.81. The molecule has 1 rings (SSSR count). The van der Waals surface area contributed by atoms with Crippen LogP contribution in [0, 0.1) is 0 Å². The first kappa shape index (κ1) is 13.1. The van der Waals surface area contributed by atoms with Gasteiger partial charge in [0.1, 0.15) is 0 Å². The second-order valence-electron chi connectivity index (χ2n) is 3.92. The van der Waals surface area contributed by atoms with Gasteiger partial charge in [-0.05, 0) is 31.2 Å². The predicted molar refractivity (Wildman–Crippen MR) is 70.2 cm³/mol. The number of allylic oxidation sites excluding steroid dienone is 1. The van der Waals surface area contributed by atoms with Gasteiger partial charge in [0.05, 0.1) is 7.11 Å². The molecule has 0 saturated carbocycles. The Labute approximate surface area is 102 Å². The van der Waals surface area contributed by atoms with Gasteiger partial charge in [-0.3, -0.25) is 0 Å². The molecule has 0 saturated heterocycles. The minimum Gasteiger partial charge on any atom is -0.466 e. The molecule has 0 aliphatic rings. The Balaban J connectivity index is 2.69. The number of nitrogens with zero attached hydrogens (tertiary/aromatic N) is 1. The van der Waals surface area contributed by atoms with Crippen LogP contribution in [0.15, 0.2) is 36.0 Å². The van der Waals surface area contributed by atoms with Crippen LogP contribution in [0.3, 0.4) is 0 Å². The van der Waals surface area contributed by atoms with Crippen LogP contribution in [0.4, 0.5) is 11.4 Å². The largest absolute Gasteiger partial charge is 0.466 e. The summed E-state index contributed by atoms with van der Waals surface area (Å²) in [6, 6.07) is 7.94. The Hall–Kier alpha value is -1.97. The fourth-order valence-corrected chi connectivity index (χ4v) is 1.34. The molecule has 0 atom stereocenters. The molecule has 0 aromatic heterocycles. The molecule has 0 unspecified atom stereocenters. The number of carbonyl (C=O) groups is 1. The number of hydrogen-bond acceptors (Lipinski definition) is 4. The summed E-state index contributed by atoms with van der Waals surface area (Å²) < 4.78 is 4.55. The van der Waals surface area contributed by atoms with Crippen molar-refractivity contribution < 1.29 is 9.53 Å². The Morgan fingerprint density at radius 1 is 1.29 bits per heavy atom. The van der Waals surface area contributed by atoms with Crippen molar-refractivity contribution in [1.29, 1.82) is 0 Å². The smallest absolute Gasteiger partial charge is 0.332 e. The fourth-order valence-electron chi connectivity index (χ4n) is 1.34. The molecule has 0 aliphatic carbocycles. The summed E-state index contributed by atoms with van der Waals surface area (Å²) in [6.45, 7) is 1.82. The summed E-state index contributed by atoms with van der Waals surface area (Å²) in [4.78, 5) is 13.0. The Kier molecular flexibility index (Phi) is 4.57. The van der Waals surface area contributed by atoms with Crippen LogP contribution in [0.2, 0.25) is 0 Å². The Morgan fingerprint density at radius 2 is 1.88 bits per heavy atom. The number of hydrogen-bond donors (Lipinski definition) is 1. The lowest BCUT2D eigenvalue weighted by Crippen LogP contribution is -2.08. The van der Waals surface area contributed by atoms with E-state index in [-0.39, 0.29) is 5.97 Å². The molecule has 0 bridgehead atoms. The van der Waals surface area contributed by atoms with Crippen LogP contribution >= 0.6 is 0 Å². The molecule has 17 heavy (non-hydrogen) atoms. The number of benzene rings is 1. The van der Waals surface area contributed by atoms with Crippen molar-refractivity contribution in [2.75, 3.05) is 31.4 Å². The number of rotatable bonds is 4. The first-order valence-corrected chi connectivity index (χ1v) is 5.33. The lowest BCUT2D eigenvalue weighted by molar-refractivity contribution is -0.134. The van der Waals surface area contributed by atoms with Gasteiger partial charge in [0.25, 0.3) is 0 Å². The lowest BCUT2D eigenvalue weighted by Gasteiger charge is -2.13. The van der Waals surface area contributed by atoms with Gasteiger partial charge < -0.3 is 15.0 Å². The van der Waals surface area contributed by atoms with Gasteiger partial charge in [0, 0.05) is 37.2 Å². The van der Waals surface area contributed by atoms with Crippen LogP contribution in [0.25, 0.3) is 0 Å². The second-order valence-corrected chi connectivity index (χ2v) is 3.92. The van der Waals surface area contributed by atoms with Gasteiger partial charge in [-0.15, -0.1) is 0 Å². The van der Waals surface area contributed by atoms with Crippen LogP contribution in [0.5, 0.6) is 0 Å². The van der Waals surface area contributed by atoms with E-state index < -0.39 is 0 Å². The van der Waals surface area contributed by atoms with Gasteiger partial charge in [0.2, 0.25) is 0 Å². The molecular weight excluding hydrogens is 216 g/mol. The highest BCUT2D eigenvalue weighted by Gasteiger charge is 1.99. The summed E-state index contributed by atoms with van der Waals surface area (Å²) in [6.07, 6.45) is 1.42. The van der Waals surface area contributed by atoms with Crippen LogP contribution in [-0.4, -0.2) is 27.2 Å². The molecule has 1 N–H and O–H groups in total. The monoisotopic (exact) mass is 234 g/mol. The molecule has 0 aliphatic heterocycles. The van der Waals surface area contributed by atoms with Gasteiger partial charge in [-0.1, -0.05) is 0 Å². The summed E-state index contributed by atoms with van der Waals surface area (Å²) in [7, 11) is 5.34. The van der Waals surface area contributed by atoms with E-state index in [1.165, 1.54) is 13.2 Å². The molecule has 0 spiro atoms. The van der Waals surface area contributed by atoms with Crippen molar-refractivity contribution in [2.45, 2.75) is 6.92 Å². The topological polar surface area (TPSA) is 41.6 Å². The fraction of sp³-hybridized carbons (Fsp3) is 0.308. The Bertz CT molecular complexity index is 408. The molecule has 92 valence electrons. The lowest BCUT2D eigenvalue weighted by atomic mass is 10.2. The van der Waals surface area contributed by atoms with Gasteiger partial charge >= 0.3 is 5.97 Å². The number of esters is 1. The summed E-state index contributed by atoms with van der Waals surface area (Å²) >= 11 is 0. The van der Waals surface area contributed by atoms with Crippen LogP contribution in [-0.2, 0) is 9.53 Å². The van der Waals surface area contributed by atoms with Crippen molar-refractivity contribution in [3.05, 3.63) is 36.0 Å². The number of methoxy groups -OCH3 is 1. The number of ether oxygens (including phenoxy) is 1. The highest BCUT2D eigenvalue weighted by molar-refractivity contribution is 5.83. The highest BCUT2D eigenvalue weighted by Crippen LogP contribution is 2.16. The summed E-state index contributed by atoms with van der Waals surface area (Å²) in [5, 5.41) is 3.11. The van der Waals surface area contributed by atoms with Gasteiger partial charge in [0.15, 0.2) is 0 Å². The van der Waals surface area contributed by atoms with Crippen molar-refractivity contribution in [1.82, 2.24) is 0 Å². The van der Waals surface area contributed by atoms with Gasteiger partial charge in [-0.25, -0.2) is 4.79 Å². The van der Waals surface area contributed by atoms with E-state index in [9.17, 15) is 4.79 Å². The quantitative estimate of drug-likeness (QED) is 0.641. The van der Waals surface area contributed by atoms with Gasteiger partial charge in [-0.2, -0.15) is 0 Å². The third-order valence-corrected chi connectivity index (χ3v) is 2.26. The Morgan fingerprint density at radius 3 is 2.35 bits per heavy atom. The third-order valence-electron chi connectivity index (χ3n) is 2.26. The molecule has 1 aromatic carbocycles. The average molecular weight is 234 g/mol. The van der Waals surface area contributed by atoms with Crippen molar-refractivity contribution in [3.8, 4) is 0 Å². The zero-order chi connectivity index (χ0) is 12.8. The third kappa shape index (κ3) is 4.18. The molecular formula is C13H18N2O2. The molecule has 4 nitrogen and oxygen atoms in total. The second kappa shape index (κ2) is 5.94. The number of nitrogens with one attached hydrogen (secondary N) is 1. The van der Waals surface area contributed by atoms with Crippen molar-refractivity contribution >= 4 is 17.3 Å². The molecule has 0 fully saturated rings. The van der Waals surface area contributed by atoms with E-state index >= 15 is 0 Å². The highest BCUT2D eigenvalue weighted by atomic mass is 16.5. The molecule has 4 heteroatoms. The summed E-state index contributed by atoms with van der Waals surface area (Å²) in [5.74, 6) is -0.361. The van der Waals surface area contributed by atoms with Crippen molar-refractivity contribution in [3.63, 3.8) is 0 Å². The van der Waals surface area contributed by atoms with E-state index in [1.54, 1.807) is 0 Å². The minimum atomic E-state index is -0.361. The predicted octanol–water partition coefficient (Wildman–Crippen LogP) is 2.24. The normalized spacial score (nSPS) is 10.9. The minimum absolute atomic E-state index is 0.361. The first-order chi connectivity index (χ1) is 8.02. The maximum absolute atomic E-state index is 11.0. The first-order valence-electron chi connectivity index (χ1n) is 5.33. The standard InChI is InChI=1S/C13H18N2O2/c1-10(9-13(16)17-4)14-11-5-7-12(8-6-11)15(2)3/h5-9,14H,1-4H3/b10-9-. The van der Waals surface area contributed by atoms with Crippen LogP contribution < -0.4 is 10.2 Å². The van der Waals surface area contributed by atoms with Crippen LogP contribution in [0.1, 0.15) is 6.92 Å². The molecule has 0 amide bonds. The van der Waals surface area contributed by atoms with E-state index in [4.69, 9.17) is 0 Å². The van der Waals surface area contributed by atoms with E-state index in [0.29, 0.717) is 0 Å². The number of anilines is 2. The molecule has 0 radical (unpaired) electrons. The van der Waals surface area contributed by atoms with E-state index in [1.807, 2.05) is 50.2 Å². The zero-order valence-electron chi connectivity index (χ0n) is 10.7. The molecule has 1 aromatic rings. The SMILES string of the molecule is COC(=O)/C=C(/C)Nc1ccc(N(C)C)cc1. The van der Waals surface area contributed by atoms with Crippen molar-refractivity contribution in [2.24, 2.45) is 0 Å². The van der Waals surface area contributed by atoms with E-state index in [2.05, 4.69) is 10.1 Å². The average Bonchev–Trinajstić information content (AvgIpc) is 2.29. The van der Waals surface area contributed by atoms with E-state index in [0.717, 1.165) is 17.1 Å². The number of carbonyl (C=O) groups excluding carboxylic acids is 1.